The van der Waals surface area contributed by atoms with E-state index in [1.54, 1.807) is 18.6 Å². The van der Waals surface area contributed by atoms with E-state index in [-0.39, 0.29) is 5.54 Å². The van der Waals surface area contributed by atoms with Crippen LogP contribution in [0.2, 0.25) is 0 Å². The Morgan fingerprint density at radius 2 is 2.26 bits per heavy atom. The van der Waals surface area contributed by atoms with Crippen molar-refractivity contribution >= 4 is 0 Å². The van der Waals surface area contributed by atoms with Crippen LogP contribution in [0, 0.1) is 0 Å². The average Bonchev–Trinajstić information content (AvgIpc) is 2.63. The van der Waals surface area contributed by atoms with E-state index in [2.05, 4.69) is 21.9 Å². The number of piperidine rings is 1. The molecule has 2 aromatic rings. The van der Waals surface area contributed by atoms with Crippen molar-refractivity contribution in [2.24, 2.45) is 0 Å². The van der Waals surface area contributed by atoms with E-state index in [0.717, 1.165) is 49.0 Å². The molecule has 4 heteroatoms. The maximum absolute atomic E-state index is 11.1. The molecular weight excluding hydrogens is 286 g/mol. The van der Waals surface area contributed by atoms with Crippen molar-refractivity contribution in [1.29, 1.82) is 0 Å². The molecule has 1 aliphatic heterocycles. The molecule has 1 aliphatic rings. The highest BCUT2D eigenvalue weighted by Gasteiger charge is 2.38. The lowest BCUT2D eigenvalue weighted by molar-refractivity contribution is 0.0411. The molecule has 0 radical (unpaired) electrons. The Morgan fingerprint density at radius 3 is 2.96 bits per heavy atom. The van der Waals surface area contributed by atoms with Gasteiger partial charge in [-0.25, -0.2) is 0 Å². The summed E-state index contributed by atoms with van der Waals surface area (Å²) in [6.45, 7) is 4.81. The van der Waals surface area contributed by atoms with Gasteiger partial charge in [-0.15, -0.1) is 6.58 Å². The fourth-order valence-corrected chi connectivity index (χ4v) is 3.40. The first-order valence-electron chi connectivity index (χ1n) is 8.15. The highest BCUT2D eigenvalue weighted by atomic mass is 16.3. The molecule has 0 spiro atoms. The second-order valence-electron chi connectivity index (χ2n) is 6.15. The smallest absolute Gasteiger partial charge is 0.0974 e. The average molecular weight is 309 g/mol. The number of hydrogen-bond donors (Lipinski definition) is 2. The molecule has 1 aromatic heterocycles. The highest BCUT2D eigenvalue weighted by Crippen LogP contribution is 2.36. The molecular formula is C19H23N3O. The molecule has 2 heterocycles. The first-order chi connectivity index (χ1) is 11.2. The second-order valence-corrected chi connectivity index (χ2v) is 6.15. The van der Waals surface area contributed by atoms with E-state index in [0.29, 0.717) is 0 Å². The minimum absolute atomic E-state index is 0.318. The Morgan fingerprint density at radius 1 is 1.35 bits per heavy atom. The summed E-state index contributed by atoms with van der Waals surface area (Å²) in [5.41, 5.74) is 2.38. The summed E-state index contributed by atoms with van der Waals surface area (Å²) in [7, 11) is 0. The van der Waals surface area contributed by atoms with E-state index < -0.39 is 6.10 Å². The molecule has 3 rings (SSSR count). The van der Waals surface area contributed by atoms with Crippen LogP contribution in [0.5, 0.6) is 0 Å². The predicted molar refractivity (Wildman–Crippen MR) is 91.8 cm³/mol. The Bertz CT molecular complexity index is 651. The van der Waals surface area contributed by atoms with Gasteiger partial charge in [0.05, 0.1) is 23.5 Å². The summed E-state index contributed by atoms with van der Waals surface area (Å²) >= 11 is 0. The van der Waals surface area contributed by atoms with E-state index in [9.17, 15) is 5.11 Å². The molecule has 0 saturated carbocycles. The van der Waals surface area contributed by atoms with Crippen LogP contribution in [0.15, 0.2) is 55.5 Å². The Hall–Kier alpha value is -2.04. The van der Waals surface area contributed by atoms with Gasteiger partial charge in [0.1, 0.15) is 0 Å². The minimum atomic E-state index is -0.572. The molecule has 1 fully saturated rings. The maximum Gasteiger partial charge on any atom is 0.0974 e. The summed E-state index contributed by atoms with van der Waals surface area (Å²) in [6.07, 6.45) is 10.4. The summed E-state index contributed by atoms with van der Waals surface area (Å²) in [6, 6.07) is 7.95. The van der Waals surface area contributed by atoms with Gasteiger partial charge in [0.15, 0.2) is 0 Å². The van der Waals surface area contributed by atoms with Gasteiger partial charge in [-0.2, -0.15) is 0 Å². The number of hydrogen-bond acceptors (Lipinski definition) is 4. The Balaban J connectivity index is 1.92. The zero-order chi connectivity index (χ0) is 16.1. The van der Waals surface area contributed by atoms with Crippen LogP contribution in [0.4, 0.5) is 0 Å². The van der Waals surface area contributed by atoms with E-state index in [1.807, 2.05) is 30.3 Å². The largest absolute Gasteiger partial charge is 0.386 e. The van der Waals surface area contributed by atoms with E-state index in [4.69, 9.17) is 0 Å². The first-order valence-corrected chi connectivity index (χ1v) is 8.15. The molecule has 0 bridgehead atoms. The number of nitrogens with one attached hydrogen (secondary N) is 1. The lowest BCUT2D eigenvalue weighted by Crippen LogP contribution is -2.52. The van der Waals surface area contributed by atoms with Crippen LogP contribution in [0.3, 0.4) is 0 Å². The fourth-order valence-electron chi connectivity index (χ4n) is 3.40. The zero-order valence-electron chi connectivity index (χ0n) is 13.3. The summed E-state index contributed by atoms with van der Waals surface area (Å²) in [5.74, 6) is 0. The first kappa shape index (κ1) is 15.8. The summed E-state index contributed by atoms with van der Waals surface area (Å²) in [5, 5.41) is 14.6. The third-order valence-electron chi connectivity index (χ3n) is 4.62. The summed E-state index contributed by atoms with van der Waals surface area (Å²) in [4.78, 5) is 8.46. The van der Waals surface area contributed by atoms with Crippen LogP contribution in [0.1, 0.15) is 37.4 Å². The highest BCUT2D eigenvalue weighted by molar-refractivity contribution is 5.59. The van der Waals surface area contributed by atoms with Gasteiger partial charge >= 0.3 is 0 Å². The van der Waals surface area contributed by atoms with Crippen LogP contribution in [-0.4, -0.2) is 27.2 Å². The summed E-state index contributed by atoms with van der Waals surface area (Å²) < 4.78 is 0. The van der Waals surface area contributed by atoms with Crippen molar-refractivity contribution in [2.75, 3.05) is 6.54 Å². The standard InChI is InChI=1S/C19H23N3O/c1-2-8-19(9-3-4-10-22-19)18(23)16-7-5-6-15(13-16)17-14-20-11-12-21-17/h2,5-7,11-14,18,22-23H,1,3-4,8-10H2/t18-,19+/m0/s1. The third-order valence-corrected chi connectivity index (χ3v) is 4.62. The van der Waals surface area contributed by atoms with Crippen molar-refractivity contribution in [3.8, 4) is 11.3 Å². The van der Waals surface area contributed by atoms with Crippen LogP contribution < -0.4 is 5.32 Å². The molecule has 2 N–H and O–H groups in total. The molecule has 2 atom stereocenters. The second kappa shape index (κ2) is 7.02. The molecule has 0 amide bonds. The molecule has 1 aromatic carbocycles. The number of aliphatic hydroxyl groups is 1. The molecule has 120 valence electrons. The Kier molecular flexibility index (Phi) is 4.84. The van der Waals surface area contributed by atoms with Crippen LogP contribution in [0.25, 0.3) is 11.3 Å². The topological polar surface area (TPSA) is 58.0 Å². The molecule has 0 unspecified atom stereocenters. The quantitative estimate of drug-likeness (QED) is 0.832. The predicted octanol–water partition coefficient (Wildman–Crippen LogP) is 3.27. The SMILES string of the molecule is C=CC[C@]1([C@@H](O)c2cccc(-c3cnccn3)c2)CCCCN1. The number of nitrogens with zero attached hydrogens (tertiary/aromatic N) is 2. The van der Waals surface area contributed by atoms with Crippen LogP contribution in [-0.2, 0) is 0 Å². The number of benzene rings is 1. The van der Waals surface area contributed by atoms with Crippen molar-refractivity contribution in [3.05, 3.63) is 61.1 Å². The van der Waals surface area contributed by atoms with Gasteiger partial charge in [0.2, 0.25) is 0 Å². The van der Waals surface area contributed by atoms with Crippen molar-refractivity contribution < 1.29 is 5.11 Å². The zero-order valence-corrected chi connectivity index (χ0v) is 13.3. The lowest BCUT2D eigenvalue weighted by Gasteiger charge is -2.42. The molecule has 0 aliphatic carbocycles. The van der Waals surface area contributed by atoms with E-state index >= 15 is 0 Å². The maximum atomic E-state index is 11.1. The van der Waals surface area contributed by atoms with Gasteiger partial charge in [-0.1, -0.05) is 30.7 Å². The minimum Gasteiger partial charge on any atom is -0.386 e. The van der Waals surface area contributed by atoms with Gasteiger partial charge in [0, 0.05) is 18.0 Å². The number of aliphatic hydroxyl groups excluding tert-OH is 1. The van der Waals surface area contributed by atoms with E-state index in [1.165, 1.54) is 0 Å². The number of rotatable bonds is 5. The Labute approximate surface area is 137 Å². The third kappa shape index (κ3) is 3.33. The van der Waals surface area contributed by atoms with Gasteiger partial charge < -0.3 is 10.4 Å². The lowest BCUT2D eigenvalue weighted by atomic mass is 9.78. The van der Waals surface area contributed by atoms with Crippen molar-refractivity contribution in [1.82, 2.24) is 15.3 Å². The van der Waals surface area contributed by atoms with Crippen molar-refractivity contribution in [3.63, 3.8) is 0 Å². The molecule has 4 nitrogen and oxygen atoms in total. The normalized spacial score (nSPS) is 22.5. The molecule has 23 heavy (non-hydrogen) atoms. The number of aromatic nitrogens is 2. The van der Waals surface area contributed by atoms with Crippen molar-refractivity contribution in [2.45, 2.75) is 37.3 Å². The van der Waals surface area contributed by atoms with Gasteiger partial charge in [0.25, 0.3) is 0 Å². The van der Waals surface area contributed by atoms with Gasteiger partial charge in [-0.3, -0.25) is 9.97 Å². The van der Waals surface area contributed by atoms with Gasteiger partial charge in [-0.05, 0) is 37.4 Å². The monoisotopic (exact) mass is 309 g/mol. The van der Waals surface area contributed by atoms with Crippen LogP contribution >= 0.6 is 0 Å². The molecule has 1 saturated heterocycles. The fraction of sp³-hybridized carbons (Fsp3) is 0.368.